The SMILES string of the molecule is CN(C(=O)C[C@@H](N)CCCCN)C1CC(=O)NC(Nc2ncccn2)=N1. The van der Waals surface area contributed by atoms with Crippen molar-refractivity contribution in [3.63, 3.8) is 0 Å². The zero-order valence-electron chi connectivity index (χ0n) is 14.9. The molecule has 0 bridgehead atoms. The van der Waals surface area contributed by atoms with E-state index in [1.807, 2.05) is 0 Å². The van der Waals surface area contributed by atoms with E-state index < -0.39 is 6.17 Å². The van der Waals surface area contributed by atoms with Crippen LogP contribution in [0.3, 0.4) is 0 Å². The molecule has 0 spiro atoms. The summed E-state index contributed by atoms with van der Waals surface area (Å²) in [5, 5.41) is 5.44. The summed E-state index contributed by atoms with van der Waals surface area (Å²) in [6.45, 7) is 0.618. The third-order valence-electron chi connectivity index (χ3n) is 4.01. The molecule has 1 aliphatic heterocycles. The lowest BCUT2D eigenvalue weighted by molar-refractivity contribution is -0.133. The maximum atomic E-state index is 12.4. The molecule has 1 aromatic heterocycles. The van der Waals surface area contributed by atoms with Gasteiger partial charge >= 0.3 is 0 Å². The Bertz CT molecular complexity index is 636. The van der Waals surface area contributed by atoms with Crippen molar-refractivity contribution in [3.05, 3.63) is 18.5 Å². The van der Waals surface area contributed by atoms with Crippen molar-refractivity contribution in [2.75, 3.05) is 18.9 Å². The number of rotatable bonds is 8. The lowest BCUT2D eigenvalue weighted by Gasteiger charge is -2.29. The molecule has 0 aromatic carbocycles. The van der Waals surface area contributed by atoms with Gasteiger partial charge in [0.25, 0.3) is 0 Å². The number of carbonyl (C=O) groups excluding carboxylic acids is 2. The van der Waals surface area contributed by atoms with Crippen molar-refractivity contribution in [2.24, 2.45) is 16.5 Å². The van der Waals surface area contributed by atoms with Gasteiger partial charge < -0.3 is 16.4 Å². The number of unbranched alkanes of at least 4 members (excludes halogenated alkanes) is 1. The number of aromatic nitrogens is 2. The standard InChI is InChI=1S/C16H26N8O2/c1-24(14(26)9-11(18)5-2-3-6-17)12-10-13(25)22-16(21-12)23-15-19-7-4-8-20-15/h4,7-8,11-12H,2-3,5-6,9-10,17-18H2,1H3,(H2,19,20,21,22,23,25)/t11-,12?/m0/s1. The minimum Gasteiger partial charge on any atom is -0.330 e. The van der Waals surface area contributed by atoms with Gasteiger partial charge in [0.05, 0.1) is 6.42 Å². The fourth-order valence-electron chi connectivity index (χ4n) is 2.52. The monoisotopic (exact) mass is 362 g/mol. The fourth-order valence-corrected chi connectivity index (χ4v) is 2.52. The first-order valence-electron chi connectivity index (χ1n) is 8.62. The van der Waals surface area contributed by atoms with Crippen LogP contribution in [0.4, 0.5) is 5.95 Å². The quantitative estimate of drug-likeness (QED) is 0.450. The number of hydrogen-bond acceptors (Lipinski definition) is 8. The second-order valence-electron chi connectivity index (χ2n) is 6.16. The summed E-state index contributed by atoms with van der Waals surface area (Å²) in [7, 11) is 1.62. The third kappa shape index (κ3) is 6.05. The van der Waals surface area contributed by atoms with Gasteiger partial charge in [-0.3, -0.25) is 20.2 Å². The maximum Gasteiger partial charge on any atom is 0.230 e. The van der Waals surface area contributed by atoms with E-state index in [4.69, 9.17) is 11.5 Å². The number of guanidine groups is 1. The normalized spacial score (nSPS) is 17.9. The van der Waals surface area contributed by atoms with Crippen LogP contribution in [0.1, 0.15) is 32.1 Å². The largest absolute Gasteiger partial charge is 0.330 e. The number of nitrogens with one attached hydrogen (secondary N) is 2. The zero-order valence-corrected chi connectivity index (χ0v) is 14.9. The highest BCUT2D eigenvalue weighted by atomic mass is 16.2. The van der Waals surface area contributed by atoms with Crippen LogP contribution in [0, 0.1) is 0 Å². The summed E-state index contributed by atoms with van der Waals surface area (Å²) in [4.78, 5) is 38.2. The van der Waals surface area contributed by atoms with Crippen molar-refractivity contribution in [1.29, 1.82) is 0 Å². The molecular weight excluding hydrogens is 336 g/mol. The van der Waals surface area contributed by atoms with E-state index in [0.717, 1.165) is 19.3 Å². The van der Waals surface area contributed by atoms with Gasteiger partial charge in [-0.15, -0.1) is 0 Å². The highest BCUT2D eigenvalue weighted by Gasteiger charge is 2.28. The predicted molar refractivity (Wildman–Crippen MR) is 97.9 cm³/mol. The third-order valence-corrected chi connectivity index (χ3v) is 4.01. The lowest BCUT2D eigenvalue weighted by Crippen LogP contribution is -2.49. The van der Waals surface area contributed by atoms with Crippen molar-refractivity contribution in [3.8, 4) is 0 Å². The number of hydrogen-bond donors (Lipinski definition) is 4. The van der Waals surface area contributed by atoms with Crippen molar-refractivity contribution in [1.82, 2.24) is 20.2 Å². The van der Waals surface area contributed by atoms with E-state index >= 15 is 0 Å². The molecule has 0 radical (unpaired) electrons. The molecule has 26 heavy (non-hydrogen) atoms. The van der Waals surface area contributed by atoms with Gasteiger partial charge in [-0.25, -0.2) is 15.0 Å². The highest BCUT2D eigenvalue weighted by molar-refractivity contribution is 6.05. The number of anilines is 1. The average Bonchev–Trinajstić information content (AvgIpc) is 2.61. The topological polar surface area (TPSA) is 152 Å². The van der Waals surface area contributed by atoms with Gasteiger partial charge in [-0.1, -0.05) is 6.42 Å². The van der Waals surface area contributed by atoms with Gasteiger partial charge in [-0.05, 0) is 25.5 Å². The number of carbonyl (C=O) groups is 2. The molecule has 1 aliphatic rings. The van der Waals surface area contributed by atoms with E-state index in [-0.39, 0.29) is 36.7 Å². The predicted octanol–water partition coefficient (Wildman–Crippen LogP) is -0.605. The molecular formula is C16H26N8O2. The van der Waals surface area contributed by atoms with Crippen LogP contribution in [0.5, 0.6) is 0 Å². The van der Waals surface area contributed by atoms with Crippen LogP contribution in [0.15, 0.2) is 23.5 Å². The summed E-state index contributed by atoms with van der Waals surface area (Å²) in [5.41, 5.74) is 11.5. The van der Waals surface area contributed by atoms with E-state index in [1.54, 1.807) is 25.5 Å². The molecule has 10 nitrogen and oxygen atoms in total. The summed E-state index contributed by atoms with van der Waals surface area (Å²) in [5.74, 6) is 0.131. The van der Waals surface area contributed by atoms with Gasteiger partial charge in [0, 0.05) is 31.9 Å². The maximum absolute atomic E-state index is 12.4. The van der Waals surface area contributed by atoms with Crippen LogP contribution in [0.25, 0.3) is 0 Å². The molecule has 1 aromatic rings. The van der Waals surface area contributed by atoms with Crippen LogP contribution < -0.4 is 22.1 Å². The van der Waals surface area contributed by atoms with Gasteiger partial charge in [0.15, 0.2) is 0 Å². The molecule has 0 aliphatic carbocycles. The van der Waals surface area contributed by atoms with Gasteiger partial charge in [0.2, 0.25) is 23.7 Å². The Hall–Kier alpha value is -2.59. The highest BCUT2D eigenvalue weighted by Crippen LogP contribution is 2.12. The molecule has 0 saturated heterocycles. The Morgan fingerprint density at radius 1 is 1.42 bits per heavy atom. The van der Waals surface area contributed by atoms with Gasteiger partial charge in [0.1, 0.15) is 6.17 Å². The van der Waals surface area contributed by atoms with Crippen molar-refractivity contribution in [2.45, 2.75) is 44.3 Å². The summed E-state index contributed by atoms with van der Waals surface area (Å²) >= 11 is 0. The molecule has 0 saturated carbocycles. The van der Waals surface area contributed by atoms with E-state index in [1.165, 1.54) is 4.90 Å². The molecule has 2 heterocycles. The second kappa shape index (κ2) is 9.78. The molecule has 2 amide bonds. The average molecular weight is 362 g/mol. The van der Waals surface area contributed by atoms with E-state index in [0.29, 0.717) is 12.5 Å². The molecule has 0 fully saturated rings. The molecule has 1 unspecified atom stereocenters. The Morgan fingerprint density at radius 2 is 2.15 bits per heavy atom. The summed E-state index contributed by atoms with van der Waals surface area (Å²) in [6.07, 6.45) is 5.36. The minimum absolute atomic E-state index is 0.0888. The van der Waals surface area contributed by atoms with Crippen molar-refractivity contribution < 1.29 is 9.59 Å². The smallest absolute Gasteiger partial charge is 0.230 e. The first-order valence-corrected chi connectivity index (χ1v) is 8.62. The first kappa shape index (κ1) is 19.7. The number of nitrogens with two attached hydrogens (primary N) is 2. The summed E-state index contributed by atoms with van der Waals surface area (Å²) in [6, 6.07) is 1.45. The Labute approximate surface area is 152 Å². The minimum atomic E-state index is -0.598. The molecule has 2 rings (SSSR count). The first-order chi connectivity index (χ1) is 12.5. The molecule has 6 N–H and O–H groups in total. The second-order valence-corrected chi connectivity index (χ2v) is 6.16. The van der Waals surface area contributed by atoms with Crippen molar-refractivity contribution >= 4 is 23.7 Å². The van der Waals surface area contributed by atoms with E-state index in [9.17, 15) is 9.59 Å². The Kier molecular flexibility index (Phi) is 7.42. The Balaban J connectivity index is 1.95. The molecule has 2 atom stereocenters. The van der Waals surface area contributed by atoms with Crippen LogP contribution in [0.2, 0.25) is 0 Å². The van der Waals surface area contributed by atoms with E-state index in [2.05, 4.69) is 25.6 Å². The van der Waals surface area contributed by atoms with Crippen LogP contribution >= 0.6 is 0 Å². The molecule has 10 heteroatoms. The number of aliphatic imine (C=N–C) groups is 1. The van der Waals surface area contributed by atoms with Crippen LogP contribution in [-0.2, 0) is 9.59 Å². The fraction of sp³-hybridized carbons (Fsp3) is 0.562. The number of nitrogens with zero attached hydrogens (tertiary/aromatic N) is 4. The number of amides is 2. The lowest BCUT2D eigenvalue weighted by atomic mass is 10.1. The van der Waals surface area contributed by atoms with Crippen LogP contribution in [-0.4, -0.2) is 58.4 Å². The summed E-state index contributed by atoms with van der Waals surface area (Å²) < 4.78 is 0. The molecule has 142 valence electrons. The van der Waals surface area contributed by atoms with Gasteiger partial charge in [-0.2, -0.15) is 0 Å². The Morgan fingerprint density at radius 3 is 2.85 bits per heavy atom. The zero-order chi connectivity index (χ0) is 18.9.